The van der Waals surface area contributed by atoms with Crippen molar-refractivity contribution in [1.29, 1.82) is 0 Å². The van der Waals surface area contributed by atoms with Crippen molar-refractivity contribution in [2.75, 3.05) is 5.32 Å². The Labute approximate surface area is 136 Å². The van der Waals surface area contributed by atoms with E-state index in [-0.39, 0.29) is 17.5 Å². The molecule has 2 aromatic heterocycles. The maximum atomic E-state index is 13.6. The van der Waals surface area contributed by atoms with Gasteiger partial charge in [-0.05, 0) is 17.7 Å². The van der Waals surface area contributed by atoms with E-state index in [0.717, 1.165) is 12.4 Å². The summed E-state index contributed by atoms with van der Waals surface area (Å²) in [6.07, 6.45) is 5.60. The Morgan fingerprint density at radius 3 is 2.62 bits per heavy atom. The topological polar surface area (TPSA) is 98.8 Å². The smallest absolute Gasteiger partial charge is 0.305 e. The maximum absolute atomic E-state index is 13.6. The highest BCUT2D eigenvalue weighted by Crippen LogP contribution is 2.24. The average Bonchev–Trinajstić information content (AvgIpc) is 2.99. The van der Waals surface area contributed by atoms with Gasteiger partial charge in [-0.25, -0.2) is 19.3 Å². The van der Waals surface area contributed by atoms with Gasteiger partial charge in [0.05, 0.1) is 4.92 Å². The first-order valence-corrected chi connectivity index (χ1v) is 7.00. The van der Waals surface area contributed by atoms with Gasteiger partial charge in [0, 0.05) is 19.4 Å². The SMILES string of the molecule is Cn1ccnc1C(Nc1ncc([N+](=O)[O-])cn1)c1cccc(F)c1. The number of aryl methyl sites for hydroxylation is 1. The standard InChI is InChI=1S/C15H13FN6O2/c1-21-6-5-17-14(21)13(10-3-2-4-11(16)7-10)20-15-18-8-12(9-19-15)22(23)24/h2-9,13H,1H3,(H,18,19,20). The van der Waals surface area contributed by atoms with E-state index in [1.54, 1.807) is 29.1 Å². The van der Waals surface area contributed by atoms with E-state index in [9.17, 15) is 14.5 Å². The Balaban J connectivity index is 1.96. The molecular formula is C15H13FN6O2. The molecule has 3 aromatic rings. The molecule has 1 atom stereocenters. The van der Waals surface area contributed by atoms with Crippen LogP contribution in [0.5, 0.6) is 0 Å². The van der Waals surface area contributed by atoms with Crippen molar-refractivity contribution < 1.29 is 9.31 Å². The average molecular weight is 328 g/mol. The van der Waals surface area contributed by atoms with Crippen LogP contribution in [0.15, 0.2) is 49.1 Å². The van der Waals surface area contributed by atoms with Gasteiger partial charge >= 0.3 is 5.69 Å². The van der Waals surface area contributed by atoms with Crippen LogP contribution in [0.2, 0.25) is 0 Å². The molecule has 0 spiro atoms. The van der Waals surface area contributed by atoms with Gasteiger partial charge in [0.15, 0.2) is 0 Å². The fourth-order valence-electron chi connectivity index (χ4n) is 2.26. The summed E-state index contributed by atoms with van der Waals surface area (Å²) < 4.78 is 15.4. The first-order chi connectivity index (χ1) is 11.5. The maximum Gasteiger partial charge on any atom is 0.305 e. The summed E-state index contributed by atoms with van der Waals surface area (Å²) in [6.45, 7) is 0. The van der Waals surface area contributed by atoms with Crippen molar-refractivity contribution in [3.8, 4) is 0 Å². The molecule has 0 amide bonds. The summed E-state index contributed by atoms with van der Waals surface area (Å²) in [4.78, 5) is 22.2. The van der Waals surface area contributed by atoms with Crippen molar-refractivity contribution in [2.45, 2.75) is 6.04 Å². The number of nitrogens with one attached hydrogen (secondary N) is 1. The number of rotatable bonds is 5. The highest BCUT2D eigenvalue weighted by atomic mass is 19.1. The van der Waals surface area contributed by atoms with E-state index < -0.39 is 11.0 Å². The van der Waals surface area contributed by atoms with Gasteiger partial charge in [0.2, 0.25) is 5.95 Å². The third kappa shape index (κ3) is 3.19. The van der Waals surface area contributed by atoms with Crippen LogP contribution in [0.25, 0.3) is 0 Å². The molecule has 8 nitrogen and oxygen atoms in total. The van der Waals surface area contributed by atoms with Crippen molar-refractivity contribution in [3.63, 3.8) is 0 Å². The zero-order valence-electron chi connectivity index (χ0n) is 12.6. The Kier molecular flexibility index (Phi) is 4.15. The molecule has 0 aliphatic carbocycles. The van der Waals surface area contributed by atoms with Crippen LogP contribution in [-0.2, 0) is 7.05 Å². The number of nitrogens with zero attached hydrogens (tertiary/aromatic N) is 5. The molecular weight excluding hydrogens is 315 g/mol. The molecule has 122 valence electrons. The molecule has 3 rings (SSSR count). The predicted octanol–water partition coefficient (Wildman–Crippen LogP) is 2.46. The molecule has 0 bridgehead atoms. The molecule has 2 heterocycles. The van der Waals surface area contributed by atoms with Gasteiger partial charge in [-0.15, -0.1) is 0 Å². The second kappa shape index (κ2) is 6.41. The zero-order chi connectivity index (χ0) is 17.1. The van der Waals surface area contributed by atoms with E-state index in [0.29, 0.717) is 11.4 Å². The summed E-state index contributed by atoms with van der Waals surface area (Å²) in [6, 6.07) is 5.57. The fourth-order valence-corrected chi connectivity index (χ4v) is 2.26. The van der Waals surface area contributed by atoms with Gasteiger partial charge in [0.1, 0.15) is 30.1 Å². The quantitative estimate of drug-likeness (QED) is 0.570. The largest absolute Gasteiger partial charge is 0.340 e. The first kappa shape index (κ1) is 15.5. The van der Waals surface area contributed by atoms with Crippen LogP contribution in [0.1, 0.15) is 17.4 Å². The van der Waals surface area contributed by atoms with Crippen LogP contribution < -0.4 is 5.32 Å². The first-order valence-electron chi connectivity index (χ1n) is 7.00. The molecule has 0 saturated heterocycles. The third-order valence-electron chi connectivity index (χ3n) is 3.42. The number of hydrogen-bond acceptors (Lipinski definition) is 6. The van der Waals surface area contributed by atoms with Crippen molar-refractivity contribution >= 4 is 11.6 Å². The highest BCUT2D eigenvalue weighted by molar-refractivity contribution is 5.38. The summed E-state index contributed by atoms with van der Waals surface area (Å²) in [5, 5.41) is 13.7. The van der Waals surface area contributed by atoms with Crippen molar-refractivity contribution in [3.05, 3.63) is 76.4 Å². The lowest BCUT2D eigenvalue weighted by atomic mass is 10.1. The number of benzene rings is 1. The van der Waals surface area contributed by atoms with Crippen molar-refractivity contribution in [2.24, 2.45) is 7.05 Å². The summed E-state index contributed by atoms with van der Waals surface area (Å²) >= 11 is 0. The highest BCUT2D eigenvalue weighted by Gasteiger charge is 2.20. The lowest BCUT2D eigenvalue weighted by Crippen LogP contribution is -2.18. The van der Waals surface area contributed by atoms with Gasteiger partial charge in [-0.3, -0.25) is 10.1 Å². The third-order valence-corrected chi connectivity index (χ3v) is 3.42. The predicted molar refractivity (Wildman–Crippen MR) is 83.8 cm³/mol. The molecule has 9 heteroatoms. The summed E-state index contributed by atoms with van der Waals surface area (Å²) in [7, 11) is 1.81. The number of halogens is 1. The van der Waals surface area contributed by atoms with E-state index >= 15 is 0 Å². The van der Waals surface area contributed by atoms with Gasteiger partial charge in [-0.2, -0.15) is 0 Å². The lowest BCUT2D eigenvalue weighted by molar-refractivity contribution is -0.385. The van der Waals surface area contributed by atoms with Crippen LogP contribution in [0, 0.1) is 15.9 Å². The number of nitro groups is 1. The Morgan fingerprint density at radius 2 is 2.04 bits per heavy atom. The van der Waals surface area contributed by atoms with Crippen LogP contribution in [0.4, 0.5) is 16.0 Å². The molecule has 1 aromatic carbocycles. The molecule has 0 fully saturated rings. The minimum absolute atomic E-state index is 0.179. The summed E-state index contributed by atoms with van der Waals surface area (Å²) in [5.74, 6) is 0.429. The van der Waals surface area contributed by atoms with Gasteiger partial charge in [-0.1, -0.05) is 12.1 Å². The van der Waals surface area contributed by atoms with Gasteiger partial charge < -0.3 is 9.88 Å². The molecule has 0 saturated carbocycles. The monoisotopic (exact) mass is 328 g/mol. The molecule has 1 unspecified atom stereocenters. The molecule has 0 radical (unpaired) electrons. The minimum Gasteiger partial charge on any atom is -0.340 e. The van der Waals surface area contributed by atoms with Crippen LogP contribution in [0.3, 0.4) is 0 Å². The Bertz CT molecular complexity index is 864. The fraction of sp³-hybridized carbons (Fsp3) is 0.133. The molecule has 0 aliphatic heterocycles. The van der Waals surface area contributed by atoms with Crippen LogP contribution >= 0.6 is 0 Å². The lowest BCUT2D eigenvalue weighted by Gasteiger charge is -2.19. The van der Waals surface area contributed by atoms with Crippen molar-refractivity contribution in [1.82, 2.24) is 19.5 Å². The number of hydrogen-bond donors (Lipinski definition) is 1. The normalized spacial score (nSPS) is 11.9. The second-order valence-corrected chi connectivity index (χ2v) is 5.05. The van der Waals surface area contributed by atoms with E-state index in [2.05, 4.69) is 20.3 Å². The molecule has 1 N–H and O–H groups in total. The number of anilines is 1. The van der Waals surface area contributed by atoms with Gasteiger partial charge in [0.25, 0.3) is 0 Å². The zero-order valence-corrected chi connectivity index (χ0v) is 12.6. The molecule has 0 aliphatic rings. The van der Waals surface area contributed by atoms with Crippen LogP contribution in [-0.4, -0.2) is 24.4 Å². The second-order valence-electron chi connectivity index (χ2n) is 5.05. The minimum atomic E-state index is -0.577. The Hall–Kier alpha value is -3.36. The molecule has 24 heavy (non-hydrogen) atoms. The number of imidazole rings is 1. The van der Waals surface area contributed by atoms with E-state index in [4.69, 9.17) is 0 Å². The number of aromatic nitrogens is 4. The Morgan fingerprint density at radius 1 is 1.29 bits per heavy atom. The van der Waals surface area contributed by atoms with E-state index in [1.165, 1.54) is 12.1 Å². The van der Waals surface area contributed by atoms with E-state index in [1.807, 2.05) is 7.05 Å². The summed E-state index contributed by atoms with van der Waals surface area (Å²) in [5.41, 5.74) is 0.422.